The third-order valence-electron chi connectivity index (χ3n) is 3.29. The first-order valence-corrected chi connectivity index (χ1v) is 7.32. The van der Waals surface area contributed by atoms with Gasteiger partial charge in [-0.15, -0.1) is 0 Å². The molecular formula is C15H17NO4S. The molecule has 0 radical (unpaired) electrons. The molecular weight excluding hydrogens is 290 g/mol. The molecule has 0 aromatic heterocycles. The summed E-state index contributed by atoms with van der Waals surface area (Å²) in [5, 5.41) is -0.238. The van der Waals surface area contributed by atoms with Crippen LogP contribution in [0.2, 0.25) is 0 Å². The van der Waals surface area contributed by atoms with Crippen LogP contribution in [0, 0.1) is 6.92 Å². The van der Waals surface area contributed by atoms with E-state index in [1.165, 1.54) is 4.90 Å². The topological polar surface area (TPSA) is 55.8 Å². The molecule has 1 heterocycles. The molecule has 0 bridgehead atoms. The van der Waals surface area contributed by atoms with Crippen molar-refractivity contribution in [1.29, 1.82) is 0 Å². The van der Waals surface area contributed by atoms with Gasteiger partial charge in [-0.05, 0) is 43.8 Å². The van der Waals surface area contributed by atoms with E-state index >= 15 is 0 Å². The number of hydrogen-bond donors (Lipinski definition) is 0. The third kappa shape index (κ3) is 2.76. The number of carbonyl (C=O) groups excluding carboxylic acids is 2. The number of nitrogens with zero attached hydrogens (tertiary/aromatic N) is 1. The summed E-state index contributed by atoms with van der Waals surface area (Å²) in [6.45, 7) is 4.03. The second-order valence-electron chi connectivity index (χ2n) is 4.44. The number of thioether (sulfide) groups is 1. The Morgan fingerprint density at radius 2 is 1.95 bits per heavy atom. The number of methoxy groups -OCH3 is 2. The fraction of sp³-hybridized carbons (Fsp3) is 0.333. The van der Waals surface area contributed by atoms with E-state index in [1.807, 2.05) is 19.1 Å². The summed E-state index contributed by atoms with van der Waals surface area (Å²) in [5.41, 5.74) is 1.60. The molecule has 0 unspecified atom stereocenters. The van der Waals surface area contributed by atoms with Gasteiger partial charge in [-0.25, -0.2) is 0 Å². The van der Waals surface area contributed by atoms with Crippen molar-refractivity contribution >= 4 is 29.0 Å². The van der Waals surface area contributed by atoms with Crippen molar-refractivity contribution in [3.63, 3.8) is 0 Å². The predicted octanol–water partition coefficient (Wildman–Crippen LogP) is 3.07. The van der Waals surface area contributed by atoms with Crippen LogP contribution >= 0.6 is 11.8 Å². The fourth-order valence-electron chi connectivity index (χ4n) is 2.21. The second kappa shape index (κ2) is 6.22. The zero-order valence-electron chi connectivity index (χ0n) is 12.4. The number of hydrogen-bond acceptors (Lipinski definition) is 5. The van der Waals surface area contributed by atoms with Crippen molar-refractivity contribution in [2.45, 2.75) is 13.8 Å². The molecule has 1 aromatic rings. The highest BCUT2D eigenvalue weighted by Crippen LogP contribution is 2.37. The molecule has 0 aliphatic carbocycles. The van der Waals surface area contributed by atoms with Gasteiger partial charge in [0.05, 0.1) is 19.1 Å². The van der Waals surface area contributed by atoms with Crippen molar-refractivity contribution in [3.8, 4) is 11.5 Å². The van der Waals surface area contributed by atoms with E-state index in [4.69, 9.17) is 9.47 Å². The molecule has 0 atom stereocenters. The van der Waals surface area contributed by atoms with Crippen LogP contribution in [0.1, 0.15) is 18.1 Å². The van der Waals surface area contributed by atoms with Crippen LogP contribution in [0.15, 0.2) is 17.0 Å². The fourth-order valence-corrected chi connectivity index (χ4v) is 3.11. The van der Waals surface area contributed by atoms with E-state index in [9.17, 15) is 9.59 Å². The lowest BCUT2D eigenvalue weighted by molar-refractivity contribution is -0.122. The largest absolute Gasteiger partial charge is 0.496 e. The average molecular weight is 307 g/mol. The maximum atomic E-state index is 12.1. The lowest BCUT2D eigenvalue weighted by Crippen LogP contribution is -2.27. The lowest BCUT2D eigenvalue weighted by atomic mass is 10.1. The van der Waals surface area contributed by atoms with Crippen LogP contribution < -0.4 is 9.47 Å². The Hall–Kier alpha value is -1.95. The van der Waals surface area contributed by atoms with Crippen molar-refractivity contribution in [3.05, 3.63) is 28.2 Å². The Morgan fingerprint density at radius 3 is 2.48 bits per heavy atom. The van der Waals surface area contributed by atoms with Crippen LogP contribution in [-0.4, -0.2) is 36.8 Å². The summed E-state index contributed by atoms with van der Waals surface area (Å²) in [4.78, 5) is 25.5. The van der Waals surface area contributed by atoms with Crippen LogP contribution in [0.4, 0.5) is 4.79 Å². The first-order chi connectivity index (χ1) is 10.0. The molecule has 6 heteroatoms. The highest BCUT2D eigenvalue weighted by molar-refractivity contribution is 8.18. The van der Waals surface area contributed by atoms with E-state index in [0.29, 0.717) is 22.9 Å². The Balaban J connectivity index is 2.44. The standard InChI is InChI=1S/C15H17NO4S/c1-5-16-14(17)12(21-15(16)18)8-10-6-7-11(19-3)9(2)13(10)20-4/h6-8H,5H2,1-4H3/b12-8+. The quantitative estimate of drug-likeness (QED) is 0.800. The molecule has 1 aromatic carbocycles. The minimum absolute atomic E-state index is 0.238. The van der Waals surface area contributed by atoms with Crippen molar-refractivity contribution in [2.75, 3.05) is 20.8 Å². The Morgan fingerprint density at radius 1 is 1.24 bits per heavy atom. The van der Waals surface area contributed by atoms with E-state index in [1.54, 1.807) is 27.2 Å². The van der Waals surface area contributed by atoms with E-state index in [2.05, 4.69) is 0 Å². The second-order valence-corrected chi connectivity index (χ2v) is 5.43. The average Bonchev–Trinajstić information content (AvgIpc) is 2.73. The van der Waals surface area contributed by atoms with Gasteiger partial charge in [0, 0.05) is 17.7 Å². The summed E-state index contributed by atoms with van der Waals surface area (Å²) in [6.07, 6.45) is 1.69. The molecule has 112 valence electrons. The van der Waals surface area contributed by atoms with Gasteiger partial charge < -0.3 is 9.47 Å². The molecule has 0 saturated carbocycles. The third-order valence-corrected chi connectivity index (χ3v) is 4.19. The first-order valence-electron chi connectivity index (χ1n) is 6.50. The smallest absolute Gasteiger partial charge is 0.293 e. The van der Waals surface area contributed by atoms with E-state index < -0.39 is 0 Å². The monoisotopic (exact) mass is 307 g/mol. The van der Waals surface area contributed by atoms with Crippen LogP contribution in [0.3, 0.4) is 0 Å². The van der Waals surface area contributed by atoms with Crippen LogP contribution in [0.5, 0.6) is 11.5 Å². The molecule has 2 amide bonds. The van der Waals surface area contributed by atoms with E-state index in [0.717, 1.165) is 22.9 Å². The molecule has 0 spiro atoms. The van der Waals surface area contributed by atoms with Crippen molar-refractivity contribution < 1.29 is 19.1 Å². The highest BCUT2D eigenvalue weighted by Gasteiger charge is 2.33. The maximum absolute atomic E-state index is 12.1. The van der Waals surface area contributed by atoms with Crippen LogP contribution in [-0.2, 0) is 4.79 Å². The Bertz CT molecular complexity index is 624. The summed E-state index contributed by atoms with van der Waals surface area (Å²) in [7, 11) is 3.16. The number of rotatable bonds is 4. The summed E-state index contributed by atoms with van der Waals surface area (Å²) in [6, 6.07) is 3.62. The van der Waals surface area contributed by atoms with Gasteiger partial charge in [-0.1, -0.05) is 0 Å². The normalized spacial score (nSPS) is 16.8. The molecule has 1 aliphatic rings. The van der Waals surface area contributed by atoms with Crippen molar-refractivity contribution in [2.24, 2.45) is 0 Å². The Kier molecular flexibility index (Phi) is 4.57. The Labute approximate surface area is 127 Å². The number of amides is 2. The van der Waals surface area contributed by atoms with Gasteiger partial charge in [0.1, 0.15) is 11.5 Å². The number of likely N-dealkylation sites (N-methyl/N-ethyl adjacent to an activating group) is 1. The first kappa shape index (κ1) is 15.4. The number of imide groups is 1. The van der Waals surface area contributed by atoms with Crippen molar-refractivity contribution in [1.82, 2.24) is 4.90 Å². The van der Waals surface area contributed by atoms with Gasteiger partial charge in [0.25, 0.3) is 11.1 Å². The minimum atomic E-state index is -0.261. The van der Waals surface area contributed by atoms with Gasteiger partial charge in [-0.3, -0.25) is 14.5 Å². The predicted molar refractivity (Wildman–Crippen MR) is 82.6 cm³/mol. The highest BCUT2D eigenvalue weighted by atomic mass is 32.2. The molecule has 1 fully saturated rings. The summed E-state index contributed by atoms with van der Waals surface area (Å²) < 4.78 is 10.7. The summed E-state index contributed by atoms with van der Waals surface area (Å²) >= 11 is 0.948. The SMILES string of the molecule is CCN1C(=O)S/C(=C/c2ccc(OC)c(C)c2OC)C1=O. The van der Waals surface area contributed by atoms with Gasteiger partial charge in [0.15, 0.2) is 0 Å². The van der Waals surface area contributed by atoms with Gasteiger partial charge in [-0.2, -0.15) is 0 Å². The number of ether oxygens (including phenoxy) is 2. The molecule has 1 saturated heterocycles. The molecule has 1 aliphatic heterocycles. The molecule has 21 heavy (non-hydrogen) atoms. The molecule has 2 rings (SSSR count). The summed E-state index contributed by atoms with van der Waals surface area (Å²) in [5.74, 6) is 1.09. The lowest BCUT2D eigenvalue weighted by Gasteiger charge is -2.12. The molecule has 5 nitrogen and oxygen atoms in total. The van der Waals surface area contributed by atoms with Gasteiger partial charge >= 0.3 is 0 Å². The maximum Gasteiger partial charge on any atom is 0.293 e. The zero-order chi connectivity index (χ0) is 15.6. The number of carbonyl (C=O) groups is 2. The minimum Gasteiger partial charge on any atom is -0.496 e. The van der Waals surface area contributed by atoms with Gasteiger partial charge in [0.2, 0.25) is 0 Å². The zero-order valence-corrected chi connectivity index (χ0v) is 13.2. The van der Waals surface area contributed by atoms with Crippen LogP contribution in [0.25, 0.3) is 6.08 Å². The number of benzene rings is 1. The molecule has 0 N–H and O–H groups in total. The van der Waals surface area contributed by atoms with E-state index in [-0.39, 0.29) is 11.1 Å².